The average molecular weight is 295 g/mol. The molecule has 3 N–H and O–H groups in total. The zero-order valence-corrected chi connectivity index (χ0v) is 12.2. The van der Waals surface area contributed by atoms with Crippen LogP contribution in [-0.4, -0.2) is 23.2 Å². The number of nitrogens with one attached hydrogen (secondary N) is 1. The van der Waals surface area contributed by atoms with Crippen LogP contribution in [0, 0.1) is 6.92 Å². The third-order valence-electron chi connectivity index (χ3n) is 3.11. The summed E-state index contributed by atoms with van der Waals surface area (Å²) in [5, 5.41) is 4.07. The first kappa shape index (κ1) is 14.6. The van der Waals surface area contributed by atoms with Crippen molar-refractivity contribution in [3.05, 3.63) is 41.5 Å². The van der Waals surface area contributed by atoms with E-state index in [1.54, 1.807) is 16.9 Å². The second-order valence-corrected chi connectivity index (χ2v) is 6.16. The van der Waals surface area contributed by atoms with Gasteiger partial charge in [0, 0.05) is 37.6 Å². The summed E-state index contributed by atoms with van der Waals surface area (Å²) in [6.45, 7) is 2.36. The van der Waals surface area contributed by atoms with Crippen molar-refractivity contribution in [1.29, 1.82) is 0 Å². The lowest BCUT2D eigenvalue weighted by Crippen LogP contribution is -2.23. The van der Waals surface area contributed by atoms with Gasteiger partial charge in [0.05, 0.1) is 11.9 Å². The fourth-order valence-corrected chi connectivity index (χ4v) is 2.62. The van der Waals surface area contributed by atoms with Crippen LogP contribution in [0.4, 0.5) is 0 Å². The minimum atomic E-state index is -3.58. The SMILES string of the molecule is Cc1c(CNS(=O)(=O)c2ccc(CN)nc2)cnn1C. The Hall–Kier alpha value is -1.77. The molecule has 0 amide bonds. The molecule has 0 unspecified atom stereocenters. The second kappa shape index (κ2) is 5.70. The van der Waals surface area contributed by atoms with Crippen molar-refractivity contribution in [2.45, 2.75) is 24.9 Å². The third kappa shape index (κ3) is 3.03. The van der Waals surface area contributed by atoms with Gasteiger partial charge in [-0.3, -0.25) is 9.67 Å². The Morgan fingerprint density at radius 3 is 2.60 bits per heavy atom. The molecule has 0 atom stereocenters. The van der Waals surface area contributed by atoms with Gasteiger partial charge in [0.15, 0.2) is 0 Å². The summed E-state index contributed by atoms with van der Waals surface area (Å²) in [6, 6.07) is 3.09. The first-order chi connectivity index (χ1) is 9.44. The highest BCUT2D eigenvalue weighted by Crippen LogP contribution is 2.10. The van der Waals surface area contributed by atoms with Gasteiger partial charge in [0.1, 0.15) is 4.90 Å². The van der Waals surface area contributed by atoms with Crippen LogP contribution in [0.15, 0.2) is 29.4 Å². The van der Waals surface area contributed by atoms with Crippen molar-refractivity contribution in [3.63, 3.8) is 0 Å². The average Bonchev–Trinajstić information content (AvgIpc) is 2.77. The maximum Gasteiger partial charge on any atom is 0.242 e. The smallest absolute Gasteiger partial charge is 0.242 e. The van der Waals surface area contributed by atoms with Crippen molar-refractivity contribution >= 4 is 10.0 Å². The molecule has 0 fully saturated rings. The maximum atomic E-state index is 12.1. The highest BCUT2D eigenvalue weighted by molar-refractivity contribution is 7.89. The van der Waals surface area contributed by atoms with Crippen LogP contribution in [0.1, 0.15) is 17.0 Å². The molecule has 0 spiro atoms. The van der Waals surface area contributed by atoms with Gasteiger partial charge in [-0.15, -0.1) is 0 Å². The third-order valence-corrected chi connectivity index (χ3v) is 4.49. The fraction of sp³-hybridized carbons (Fsp3) is 0.333. The van der Waals surface area contributed by atoms with Crippen LogP contribution < -0.4 is 10.5 Å². The summed E-state index contributed by atoms with van der Waals surface area (Å²) in [6.07, 6.45) is 2.95. The maximum absolute atomic E-state index is 12.1. The Bertz CT molecular complexity index is 691. The van der Waals surface area contributed by atoms with Gasteiger partial charge >= 0.3 is 0 Å². The normalized spacial score (nSPS) is 11.8. The molecule has 0 aromatic carbocycles. The van der Waals surface area contributed by atoms with Crippen molar-refractivity contribution in [1.82, 2.24) is 19.5 Å². The number of sulfonamides is 1. The Kier molecular flexibility index (Phi) is 4.17. The van der Waals surface area contributed by atoms with Crippen molar-refractivity contribution in [2.24, 2.45) is 12.8 Å². The Morgan fingerprint density at radius 2 is 2.10 bits per heavy atom. The molecule has 0 bridgehead atoms. The summed E-state index contributed by atoms with van der Waals surface area (Å²) < 4.78 is 28.5. The first-order valence-corrected chi connectivity index (χ1v) is 7.54. The molecule has 7 nitrogen and oxygen atoms in total. The van der Waals surface area contributed by atoms with Crippen molar-refractivity contribution in [2.75, 3.05) is 0 Å². The van der Waals surface area contributed by atoms with Gasteiger partial charge < -0.3 is 5.73 Å². The second-order valence-electron chi connectivity index (χ2n) is 4.39. The predicted molar refractivity (Wildman–Crippen MR) is 74.1 cm³/mol. The minimum Gasteiger partial charge on any atom is -0.325 e. The van der Waals surface area contributed by atoms with Gasteiger partial charge in [-0.1, -0.05) is 0 Å². The van der Waals surface area contributed by atoms with E-state index in [9.17, 15) is 8.42 Å². The van der Waals surface area contributed by atoms with E-state index in [-0.39, 0.29) is 18.0 Å². The molecule has 2 aromatic heterocycles. The zero-order valence-electron chi connectivity index (χ0n) is 11.4. The topological polar surface area (TPSA) is 103 Å². The lowest BCUT2D eigenvalue weighted by Gasteiger charge is -2.07. The molecule has 20 heavy (non-hydrogen) atoms. The molecule has 8 heteroatoms. The fourth-order valence-electron chi connectivity index (χ4n) is 1.66. The number of nitrogens with two attached hydrogens (primary N) is 1. The van der Waals surface area contributed by atoms with E-state index in [0.29, 0.717) is 5.69 Å². The van der Waals surface area contributed by atoms with Crippen LogP contribution in [0.2, 0.25) is 0 Å². The Labute approximate surface area is 117 Å². The van der Waals surface area contributed by atoms with Gasteiger partial charge in [0.2, 0.25) is 10.0 Å². The molecule has 2 rings (SSSR count). The summed E-state index contributed by atoms with van der Waals surface area (Å²) in [5.41, 5.74) is 7.83. The number of hydrogen-bond acceptors (Lipinski definition) is 5. The molecule has 2 heterocycles. The molecule has 0 saturated heterocycles. The summed E-state index contributed by atoms with van der Waals surface area (Å²) in [4.78, 5) is 4.10. The lowest BCUT2D eigenvalue weighted by molar-refractivity contribution is 0.580. The van der Waals surface area contributed by atoms with Gasteiger partial charge in [0.25, 0.3) is 0 Å². The van der Waals surface area contributed by atoms with Crippen LogP contribution in [0.5, 0.6) is 0 Å². The van der Waals surface area contributed by atoms with Crippen molar-refractivity contribution < 1.29 is 8.42 Å². The van der Waals surface area contributed by atoms with Gasteiger partial charge in [-0.2, -0.15) is 5.10 Å². The van der Waals surface area contributed by atoms with Crippen molar-refractivity contribution in [3.8, 4) is 0 Å². The molecule has 0 saturated carbocycles. The van der Waals surface area contributed by atoms with Crippen LogP contribution in [0.3, 0.4) is 0 Å². The molecular formula is C12H17N5O2S. The first-order valence-electron chi connectivity index (χ1n) is 6.06. The largest absolute Gasteiger partial charge is 0.325 e. The number of aryl methyl sites for hydroxylation is 1. The van der Waals surface area contributed by atoms with E-state index in [2.05, 4.69) is 14.8 Å². The summed E-state index contributed by atoms with van der Waals surface area (Å²) >= 11 is 0. The number of aromatic nitrogens is 3. The predicted octanol–water partition coefficient (Wildman–Crippen LogP) is 0.0607. The molecule has 0 radical (unpaired) electrons. The van der Waals surface area contributed by atoms with E-state index < -0.39 is 10.0 Å². The van der Waals surface area contributed by atoms with E-state index in [1.807, 2.05) is 14.0 Å². The molecule has 0 aliphatic heterocycles. The minimum absolute atomic E-state index is 0.122. The number of nitrogens with zero attached hydrogens (tertiary/aromatic N) is 3. The lowest BCUT2D eigenvalue weighted by atomic mass is 10.3. The standard InChI is InChI=1S/C12H17N5O2S/c1-9-10(6-15-17(9)2)7-16-20(18,19)12-4-3-11(5-13)14-8-12/h3-4,6,8,16H,5,7,13H2,1-2H3. The Balaban J connectivity index is 2.12. The quantitative estimate of drug-likeness (QED) is 0.812. The molecule has 108 valence electrons. The molecular weight excluding hydrogens is 278 g/mol. The summed E-state index contributed by atoms with van der Waals surface area (Å²) in [5.74, 6) is 0. The molecule has 0 aliphatic rings. The van der Waals surface area contributed by atoms with Crippen LogP contribution >= 0.6 is 0 Å². The number of rotatable bonds is 5. The van der Waals surface area contributed by atoms with E-state index >= 15 is 0 Å². The molecule has 0 aliphatic carbocycles. The van der Waals surface area contributed by atoms with Gasteiger partial charge in [-0.05, 0) is 19.1 Å². The number of hydrogen-bond donors (Lipinski definition) is 2. The van der Waals surface area contributed by atoms with E-state index in [4.69, 9.17) is 5.73 Å². The van der Waals surface area contributed by atoms with E-state index in [0.717, 1.165) is 11.3 Å². The molecule has 2 aromatic rings. The Morgan fingerprint density at radius 1 is 1.35 bits per heavy atom. The van der Waals surface area contributed by atoms with Crippen LogP contribution in [0.25, 0.3) is 0 Å². The zero-order chi connectivity index (χ0) is 14.8. The monoisotopic (exact) mass is 295 g/mol. The number of pyridine rings is 1. The van der Waals surface area contributed by atoms with E-state index in [1.165, 1.54) is 12.3 Å². The van der Waals surface area contributed by atoms with Gasteiger partial charge in [-0.25, -0.2) is 13.1 Å². The highest BCUT2D eigenvalue weighted by Gasteiger charge is 2.15. The highest BCUT2D eigenvalue weighted by atomic mass is 32.2. The summed E-state index contributed by atoms with van der Waals surface area (Å²) in [7, 11) is -1.77. The van der Waals surface area contributed by atoms with Crippen LogP contribution in [-0.2, 0) is 30.2 Å².